The van der Waals surface area contributed by atoms with E-state index in [9.17, 15) is 0 Å². The maximum Gasteiger partial charge on any atom is 1.00 e. The first-order valence-electron chi connectivity index (χ1n) is 4.15. The van der Waals surface area contributed by atoms with Crippen LogP contribution in [0.2, 0.25) is 0 Å². The van der Waals surface area contributed by atoms with Crippen LogP contribution in [0.25, 0.3) is 5.57 Å². The summed E-state index contributed by atoms with van der Waals surface area (Å²) in [5, 5.41) is 4.19. The molecule has 14 heavy (non-hydrogen) atoms. The molecule has 2 heteroatoms. The predicted octanol–water partition coefficient (Wildman–Crippen LogP) is 0.926. The summed E-state index contributed by atoms with van der Waals surface area (Å²) in [7, 11) is 0. The Hall–Kier alpha value is -0.340. The maximum absolute atomic E-state index is 4.07. The van der Waals surface area contributed by atoms with E-state index in [1.807, 2.05) is 18.2 Å². The number of hydrogen-bond acceptors (Lipinski definition) is 1. The third kappa shape index (κ3) is 2.58. The number of rotatable bonds is 2. The van der Waals surface area contributed by atoms with Crippen molar-refractivity contribution in [2.75, 3.05) is 0 Å². The van der Waals surface area contributed by atoms with Crippen LogP contribution in [0.4, 0.5) is 0 Å². The number of thiophene rings is 1. The first kappa shape index (κ1) is 11.7. The minimum absolute atomic E-state index is 0. The van der Waals surface area contributed by atoms with Crippen molar-refractivity contribution in [1.29, 1.82) is 0 Å². The van der Waals surface area contributed by atoms with Crippen LogP contribution in [-0.4, -0.2) is 0 Å². The molecule has 2 aromatic rings. The average molecular weight is 210 g/mol. The Morgan fingerprint density at radius 1 is 1.07 bits per heavy atom. The Kier molecular flexibility index (Phi) is 4.63. The van der Waals surface area contributed by atoms with Crippen LogP contribution in [0.1, 0.15) is 12.6 Å². The summed E-state index contributed by atoms with van der Waals surface area (Å²) in [6, 6.07) is 12.4. The molecule has 1 heterocycles. The molecule has 0 nitrogen and oxygen atoms in total. The van der Waals surface area contributed by atoms with E-state index >= 15 is 0 Å². The third-order valence-corrected chi connectivity index (χ3v) is 2.68. The largest absolute Gasteiger partial charge is 1.00 e. The monoisotopic (exact) mass is 210 g/mol. The van der Waals surface area contributed by atoms with Crippen molar-refractivity contribution in [2.24, 2.45) is 0 Å². The van der Waals surface area contributed by atoms with Crippen molar-refractivity contribution in [1.82, 2.24) is 0 Å². The van der Waals surface area contributed by atoms with Gasteiger partial charge in [0.2, 0.25) is 0 Å². The van der Waals surface area contributed by atoms with E-state index in [-0.39, 0.29) is 31.0 Å². The van der Waals surface area contributed by atoms with Crippen LogP contribution in [0.15, 0.2) is 53.7 Å². The van der Waals surface area contributed by atoms with Crippen molar-refractivity contribution in [2.45, 2.75) is 0 Å². The topological polar surface area (TPSA) is 0 Å². The van der Waals surface area contributed by atoms with Crippen LogP contribution in [0.5, 0.6) is 0 Å². The normalized spacial score (nSPS) is 9.14. The molecule has 0 spiro atoms. The second kappa shape index (κ2) is 5.52. The summed E-state index contributed by atoms with van der Waals surface area (Å²) in [5.41, 5.74) is 3.51. The molecule has 1 aromatic heterocycles. The van der Waals surface area contributed by atoms with E-state index in [4.69, 9.17) is 0 Å². The van der Waals surface area contributed by atoms with Gasteiger partial charge in [-0.1, -0.05) is 36.9 Å². The number of hydrogen-bond donors (Lipinski definition) is 0. The van der Waals surface area contributed by atoms with Gasteiger partial charge in [-0.25, -0.2) is 0 Å². The fourth-order valence-electron chi connectivity index (χ4n) is 1.24. The van der Waals surface area contributed by atoms with E-state index in [0.29, 0.717) is 0 Å². The first-order valence-corrected chi connectivity index (χ1v) is 5.09. The van der Waals surface area contributed by atoms with Crippen molar-refractivity contribution >= 4 is 16.9 Å². The van der Waals surface area contributed by atoms with Crippen molar-refractivity contribution in [3.05, 3.63) is 64.9 Å². The van der Waals surface area contributed by atoms with Gasteiger partial charge in [0.1, 0.15) is 0 Å². The minimum Gasteiger partial charge on any atom is -1.00 e. The summed E-state index contributed by atoms with van der Waals surface area (Å²) in [6.45, 7) is 4.07. The van der Waals surface area contributed by atoms with Crippen LogP contribution in [-0.2, 0) is 0 Å². The first-order chi connectivity index (χ1) is 6.38. The molecule has 0 radical (unpaired) electrons. The van der Waals surface area contributed by atoms with Gasteiger partial charge in [0.15, 0.2) is 0 Å². The molecule has 0 amide bonds. The molecule has 0 unspecified atom stereocenters. The van der Waals surface area contributed by atoms with E-state index < -0.39 is 0 Å². The van der Waals surface area contributed by atoms with E-state index in [1.165, 1.54) is 11.1 Å². The van der Waals surface area contributed by atoms with Crippen molar-refractivity contribution < 1.29 is 31.0 Å². The molecule has 1 aromatic carbocycles. The van der Waals surface area contributed by atoms with Crippen LogP contribution >= 0.6 is 11.3 Å². The zero-order chi connectivity index (χ0) is 9.10. The molecule has 0 fully saturated rings. The third-order valence-electron chi connectivity index (χ3n) is 1.99. The van der Waals surface area contributed by atoms with Gasteiger partial charge < -0.3 is 1.43 Å². The summed E-state index contributed by atoms with van der Waals surface area (Å²) >= 11 is 1.70. The fraction of sp³-hybridized carbons (Fsp3) is 0. The van der Waals surface area contributed by atoms with Crippen molar-refractivity contribution in [3.63, 3.8) is 0 Å². The predicted molar refractivity (Wildman–Crippen MR) is 60.0 cm³/mol. The molecule has 0 atom stereocenters. The Bertz CT molecular complexity index is 395. The average Bonchev–Trinajstić information content (AvgIpc) is 2.71. The van der Waals surface area contributed by atoms with Gasteiger partial charge in [0.05, 0.1) is 0 Å². The van der Waals surface area contributed by atoms with Gasteiger partial charge in [-0.15, -0.1) is 0 Å². The molecule has 66 valence electrons. The second-order valence-electron chi connectivity index (χ2n) is 2.86. The maximum atomic E-state index is 4.07. The SMILES string of the molecule is C=C(c1ccccc1)c1ccsc1.[H-].[Na+]. The van der Waals surface area contributed by atoms with E-state index in [1.54, 1.807) is 11.3 Å². The quantitative estimate of drug-likeness (QED) is 0.647. The summed E-state index contributed by atoms with van der Waals surface area (Å²) in [5.74, 6) is 0. The van der Waals surface area contributed by atoms with Crippen molar-refractivity contribution in [3.8, 4) is 0 Å². The van der Waals surface area contributed by atoms with Gasteiger partial charge in [0, 0.05) is 0 Å². The zero-order valence-electron chi connectivity index (χ0n) is 9.23. The molecular weight excluding hydrogens is 199 g/mol. The molecule has 0 saturated carbocycles. The van der Waals surface area contributed by atoms with Gasteiger partial charge in [-0.3, -0.25) is 0 Å². The summed E-state index contributed by atoms with van der Waals surface area (Å²) in [4.78, 5) is 0. The molecule has 0 aliphatic heterocycles. The fourth-order valence-corrected chi connectivity index (χ4v) is 1.91. The van der Waals surface area contributed by atoms with Crippen LogP contribution in [0, 0.1) is 0 Å². The van der Waals surface area contributed by atoms with Gasteiger partial charge >= 0.3 is 29.6 Å². The number of benzene rings is 1. The Morgan fingerprint density at radius 2 is 1.79 bits per heavy atom. The Labute approximate surface area is 112 Å². The molecule has 0 saturated heterocycles. The summed E-state index contributed by atoms with van der Waals surface area (Å²) < 4.78 is 0. The molecule has 0 bridgehead atoms. The molecule has 0 N–H and O–H groups in total. The Balaban J connectivity index is 0.000000980. The molecule has 2 rings (SSSR count). The zero-order valence-corrected chi connectivity index (χ0v) is 11.1. The molecule has 0 aliphatic rings. The smallest absolute Gasteiger partial charge is 1.00 e. The van der Waals surface area contributed by atoms with Gasteiger partial charge in [-0.05, 0) is 33.5 Å². The van der Waals surface area contributed by atoms with Gasteiger partial charge in [0.25, 0.3) is 0 Å². The molecular formula is C12H11NaS. The standard InChI is InChI=1S/C12H10S.Na.H/c1-10(12-7-8-13-9-12)11-5-3-2-4-6-11;;/h2-9H,1H2;;/q;+1;-1. The van der Waals surface area contributed by atoms with E-state index in [2.05, 4.69) is 35.5 Å². The molecule has 0 aliphatic carbocycles. The van der Waals surface area contributed by atoms with Gasteiger partial charge in [-0.2, -0.15) is 11.3 Å². The van der Waals surface area contributed by atoms with E-state index in [0.717, 1.165) is 5.57 Å². The van der Waals surface area contributed by atoms with Crippen LogP contribution < -0.4 is 29.6 Å². The Morgan fingerprint density at radius 3 is 2.36 bits per heavy atom. The minimum atomic E-state index is 0. The second-order valence-corrected chi connectivity index (χ2v) is 3.64. The van der Waals surface area contributed by atoms with Crippen LogP contribution in [0.3, 0.4) is 0 Å². The summed E-state index contributed by atoms with van der Waals surface area (Å²) in [6.07, 6.45) is 0.